The third-order valence-corrected chi connectivity index (χ3v) is 3.67. The summed E-state index contributed by atoms with van der Waals surface area (Å²) >= 11 is 0. The van der Waals surface area contributed by atoms with Crippen molar-refractivity contribution in [3.05, 3.63) is 35.0 Å². The number of rotatable bonds is 6. The average Bonchev–Trinajstić information content (AvgIpc) is 3.33. The summed E-state index contributed by atoms with van der Waals surface area (Å²) in [6.45, 7) is 2.57. The van der Waals surface area contributed by atoms with Crippen LogP contribution in [-0.2, 0) is 11.3 Å². The first-order chi connectivity index (χ1) is 10.7. The molecule has 0 aromatic carbocycles. The van der Waals surface area contributed by atoms with Gasteiger partial charge in [0, 0.05) is 37.0 Å². The lowest BCUT2D eigenvalue weighted by Crippen LogP contribution is -2.31. The zero-order valence-corrected chi connectivity index (χ0v) is 12.5. The van der Waals surface area contributed by atoms with Gasteiger partial charge in [-0.05, 0) is 25.0 Å². The normalized spacial score (nSPS) is 14.0. The average molecular weight is 301 g/mol. The Morgan fingerprint density at radius 1 is 1.45 bits per heavy atom. The monoisotopic (exact) mass is 301 g/mol. The van der Waals surface area contributed by atoms with Gasteiger partial charge in [0.15, 0.2) is 5.82 Å². The van der Waals surface area contributed by atoms with Gasteiger partial charge in [0.05, 0.1) is 6.54 Å². The second-order valence-electron chi connectivity index (χ2n) is 5.38. The number of pyridine rings is 1. The van der Waals surface area contributed by atoms with Crippen molar-refractivity contribution in [3.8, 4) is 11.4 Å². The molecule has 7 nitrogen and oxygen atoms in total. The van der Waals surface area contributed by atoms with Gasteiger partial charge in [0.2, 0.25) is 5.91 Å². The molecule has 1 fully saturated rings. The minimum atomic E-state index is -0.118. The Bertz CT molecular complexity index is 715. The molecule has 1 saturated carbocycles. The fraction of sp³-hybridized carbons (Fsp3) is 0.467. The molecule has 0 saturated heterocycles. The summed E-state index contributed by atoms with van der Waals surface area (Å²) in [6.07, 6.45) is 5.85. The maximum Gasteiger partial charge on any atom is 0.346 e. The summed E-state index contributed by atoms with van der Waals surface area (Å²) < 4.78 is 3.18. The second kappa shape index (κ2) is 6.13. The topological polar surface area (TPSA) is 81.8 Å². The SMILES string of the molecule is CCC(=O)NCCn1nc(-c2cccnc2)n(C2CC2)c1=O. The van der Waals surface area contributed by atoms with E-state index in [1.165, 1.54) is 4.68 Å². The van der Waals surface area contributed by atoms with Gasteiger partial charge in [0.1, 0.15) is 0 Å². The maximum atomic E-state index is 12.5. The Kier molecular flexibility index (Phi) is 4.04. The molecule has 0 unspecified atom stereocenters. The molecule has 7 heteroatoms. The molecule has 0 bridgehead atoms. The van der Waals surface area contributed by atoms with E-state index >= 15 is 0 Å². The van der Waals surface area contributed by atoms with Crippen LogP contribution in [0.25, 0.3) is 11.4 Å². The molecule has 1 aliphatic rings. The van der Waals surface area contributed by atoms with Gasteiger partial charge in [-0.1, -0.05) is 6.92 Å². The Morgan fingerprint density at radius 2 is 2.27 bits per heavy atom. The third-order valence-electron chi connectivity index (χ3n) is 3.67. The van der Waals surface area contributed by atoms with Crippen LogP contribution in [0.5, 0.6) is 0 Å². The summed E-state index contributed by atoms with van der Waals surface area (Å²) in [4.78, 5) is 27.9. The fourth-order valence-electron chi connectivity index (χ4n) is 2.35. The molecular formula is C15H19N5O2. The summed E-state index contributed by atoms with van der Waals surface area (Å²) in [6, 6.07) is 3.97. The van der Waals surface area contributed by atoms with E-state index in [2.05, 4.69) is 15.4 Å². The van der Waals surface area contributed by atoms with E-state index in [-0.39, 0.29) is 17.6 Å². The van der Waals surface area contributed by atoms with Crippen molar-refractivity contribution in [2.75, 3.05) is 6.54 Å². The van der Waals surface area contributed by atoms with Gasteiger partial charge in [-0.2, -0.15) is 0 Å². The molecule has 116 valence electrons. The van der Waals surface area contributed by atoms with E-state index in [0.717, 1.165) is 18.4 Å². The predicted octanol–water partition coefficient (Wildman–Crippen LogP) is 0.968. The van der Waals surface area contributed by atoms with Gasteiger partial charge in [0.25, 0.3) is 0 Å². The number of nitrogens with zero attached hydrogens (tertiary/aromatic N) is 4. The lowest BCUT2D eigenvalue weighted by molar-refractivity contribution is -0.120. The molecular weight excluding hydrogens is 282 g/mol. The minimum absolute atomic E-state index is 0.0258. The standard InChI is InChI=1S/C15H19N5O2/c1-2-13(21)17-8-9-19-15(22)20(12-5-6-12)14(18-19)11-4-3-7-16-10-11/h3-4,7,10,12H,2,5-6,8-9H2,1H3,(H,17,21). The van der Waals surface area contributed by atoms with Crippen molar-refractivity contribution < 1.29 is 4.79 Å². The van der Waals surface area contributed by atoms with Crippen molar-refractivity contribution >= 4 is 5.91 Å². The molecule has 22 heavy (non-hydrogen) atoms. The van der Waals surface area contributed by atoms with Crippen molar-refractivity contribution in [3.63, 3.8) is 0 Å². The molecule has 2 aromatic heterocycles. The Labute approximate surface area is 128 Å². The van der Waals surface area contributed by atoms with Crippen LogP contribution >= 0.6 is 0 Å². The third kappa shape index (κ3) is 2.93. The van der Waals surface area contributed by atoms with Crippen LogP contribution in [0.1, 0.15) is 32.2 Å². The Balaban J connectivity index is 1.86. The first-order valence-electron chi connectivity index (χ1n) is 7.57. The van der Waals surface area contributed by atoms with Crippen molar-refractivity contribution in [2.24, 2.45) is 0 Å². The predicted molar refractivity (Wildman–Crippen MR) is 81.3 cm³/mol. The molecule has 2 aromatic rings. The number of aromatic nitrogens is 4. The molecule has 0 aliphatic heterocycles. The molecule has 3 rings (SSSR count). The maximum absolute atomic E-state index is 12.5. The molecule has 0 atom stereocenters. The van der Waals surface area contributed by atoms with E-state index in [4.69, 9.17) is 0 Å². The summed E-state index contributed by atoms with van der Waals surface area (Å²) in [5.74, 6) is 0.629. The zero-order chi connectivity index (χ0) is 15.5. The fourth-order valence-corrected chi connectivity index (χ4v) is 2.35. The van der Waals surface area contributed by atoms with Crippen molar-refractivity contribution in [1.82, 2.24) is 24.6 Å². The van der Waals surface area contributed by atoms with Crippen LogP contribution in [-0.4, -0.2) is 31.8 Å². The second-order valence-corrected chi connectivity index (χ2v) is 5.38. The molecule has 1 aliphatic carbocycles. The Morgan fingerprint density at radius 3 is 2.91 bits per heavy atom. The van der Waals surface area contributed by atoms with Crippen LogP contribution in [0.2, 0.25) is 0 Å². The van der Waals surface area contributed by atoms with E-state index in [1.807, 2.05) is 12.1 Å². The first-order valence-corrected chi connectivity index (χ1v) is 7.57. The number of carbonyl (C=O) groups excluding carboxylic acids is 1. The van der Waals surface area contributed by atoms with Crippen LogP contribution in [0, 0.1) is 0 Å². The largest absolute Gasteiger partial charge is 0.354 e. The number of hydrogen-bond donors (Lipinski definition) is 1. The molecule has 2 heterocycles. The van der Waals surface area contributed by atoms with Gasteiger partial charge in [-0.15, -0.1) is 5.10 Å². The quantitative estimate of drug-likeness (QED) is 0.862. The van der Waals surface area contributed by atoms with Crippen LogP contribution in [0.15, 0.2) is 29.3 Å². The molecule has 0 radical (unpaired) electrons. The highest BCUT2D eigenvalue weighted by molar-refractivity contribution is 5.75. The van der Waals surface area contributed by atoms with Crippen molar-refractivity contribution in [2.45, 2.75) is 38.8 Å². The van der Waals surface area contributed by atoms with Gasteiger partial charge in [-0.25, -0.2) is 9.48 Å². The lowest BCUT2D eigenvalue weighted by atomic mass is 10.3. The van der Waals surface area contributed by atoms with E-state index in [1.54, 1.807) is 23.9 Å². The number of hydrogen-bond acceptors (Lipinski definition) is 4. The van der Waals surface area contributed by atoms with E-state index in [9.17, 15) is 9.59 Å². The number of nitrogens with one attached hydrogen (secondary N) is 1. The highest BCUT2D eigenvalue weighted by Crippen LogP contribution is 2.36. The van der Waals surface area contributed by atoms with Gasteiger partial charge < -0.3 is 5.32 Å². The van der Waals surface area contributed by atoms with Crippen LogP contribution < -0.4 is 11.0 Å². The summed E-state index contributed by atoms with van der Waals surface area (Å²) in [7, 11) is 0. The van der Waals surface area contributed by atoms with Gasteiger partial charge in [-0.3, -0.25) is 14.3 Å². The van der Waals surface area contributed by atoms with Gasteiger partial charge >= 0.3 is 5.69 Å². The number of amides is 1. The lowest BCUT2D eigenvalue weighted by Gasteiger charge is -2.02. The summed E-state index contributed by atoms with van der Waals surface area (Å²) in [5, 5.41) is 7.20. The molecule has 1 N–H and O–H groups in total. The number of carbonyl (C=O) groups is 1. The molecule has 0 spiro atoms. The van der Waals surface area contributed by atoms with Crippen LogP contribution in [0.3, 0.4) is 0 Å². The van der Waals surface area contributed by atoms with Crippen LogP contribution in [0.4, 0.5) is 0 Å². The Hall–Kier alpha value is -2.44. The zero-order valence-electron chi connectivity index (χ0n) is 12.5. The van der Waals surface area contributed by atoms with E-state index < -0.39 is 0 Å². The smallest absolute Gasteiger partial charge is 0.346 e. The molecule has 1 amide bonds. The highest BCUT2D eigenvalue weighted by atomic mass is 16.2. The first kappa shape index (κ1) is 14.5. The minimum Gasteiger partial charge on any atom is -0.354 e. The van der Waals surface area contributed by atoms with Crippen molar-refractivity contribution in [1.29, 1.82) is 0 Å². The summed E-state index contributed by atoms with van der Waals surface area (Å²) in [5.41, 5.74) is 0.718. The highest BCUT2D eigenvalue weighted by Gasteiger charge is 2.30. The van der Waals surface area contributed by atoms with E-state index in [0.29, 0.717) is 25.3 Å².